The number of ether oxygens (including phenoxy) is 2. The summed E-state index contributed by atoms with van der Waals surface area (Å²) in [5.41, 5.74) is 4.21. The van der Waals surface area contributed by atoms with Crippen LogP contribution in [0.5, 0.6) is 11.5 Å². The first-order valence-electron chi connectivity index (χ1n) is 8.38. The van der Waals surface area contributed by atoms with Crippen LogP contribution in [0.4, 0.5) is 4.39 Å². The number of halogens is 1. The molecule has 0 aromatic heterocycles. The van der Waals surface area contributed by atoms with Gasteiger partial charge in [-0.1, -0.05) is 39.0 Å². The van der Waals surface area contributed by atoms with Gasteiger partial charge in [-0.2, -0.15) is 0 Å². The minimum Gasteiger partial charge on any atom is -0.496 e. The van der Waals surface area contributed by atoms with Crippen LogP contribution in [0.25, 0.3) is 0 Å². The minimum atomic E-state index is -0.249. The number of hydrogen-bond acceptors (Lipinski definition) is 2. The highest BCUT2D eigenvalue weighted by Gasteiger charge is 2.17. The molecule has 24 heavy (non-hydrogen) atoms. The lowest BCUT2D eigenvalue weighted by atomic mass is 9.88. The molecule has 2 aromatic carbocycles. The monoisotopic (exact) mass is 330 g/mol. The Morgan fingerprint density at radius 3 is 2.21 bits per heavy atom. The molecule has 0 saturated heterocycles. The standard InChI is InChI=1S/C21H27FO2/c1-13(2)18-11-16(12-20(24-6)21(18)22)10-14(3)17-8-7-9-19(23-5)15(17)4/h7-9,11-14H,10H2,1-6H3. The molecule has 0 saturated carbocycles. The van der Waals surface area contributed by atoms with Crippen LogP contribution in [0, 0.1) is 12.7 Å². The second-order valence-electron chi connectivity index (χ2n) is 6.64. The Kier molecular flexibility index (Phi) is 5.87. The van der Waals surface area contributed by atoms with Gasteiger partial charge in [-0.15, -0.1) is 0 Å². The highest BCUT2D eigenvalue weighted by Crippen LogP contribution is 2.33. The smallest absolute Gasteiger partial charge is 0.168 e. The normalized spacial score (nSPS) is 12.3. The summed E-state index contributed by atoms with van der Waals surface area (Å²) in [6, 6.07) is 9.90. The van der Waals surface area contributed by atoms with Crippen LogP contribution in [0.3, 0.4) is 0 Å². The summed E-state index contributed by atoms with van der Waals surface area (Å²) in [4.78, 5) is 0. The minimum absolute atomic E-state index is 0.118. The van der Waals surface area contributed by atoms with Crippen molar-refractivity contribution in [2.45, 2.75) is 46.0 Å². The second kappa shape index (κ2) is 7.69. The molecule has 0 aliphatic carbocycles. The zero-order valence-electron chi connectivity index (χ0n) is 15.4. The lowest BCUT2D eigenvalue weighted by Crippen LogP contribution is -2.05. The van der Waals surface area contributed by atoms with Gasteiger partial charge < -0.3 is 9.47 Å². The molecule has 1 atom stereocenters. The van der Waals surface area contributed by atoms with Crippen molar-refractivity contribution in [3.05, 3.63) is 58.4 Å². The van der Waals surface area contributed by atoms with E-state index in [1.54, 1.807) is 7.11 Å². The maximum absolute atomic E-state index is 14.4. The lowest BCUT2D eigenvalue weighted by molar-refractivity contribution is 0.382. The first-order chi connectivity index (χ1) is 11.4. The molecular formula is C21H27FO2. The average Bonchev–Trinajstić information content (AvgIpc) is 2.56. The molecule has 2 rings (SSSR count). The van der Waals surface area contributed by atoms with Gasteiger partial charge in [0.25, 0.3) is 0 Å². The van der Waals surface area contributed by atoms with Crippen LogP contribution in [0.1, 0.15) is 54.9 Å². The quantitative estimate of drug-likeness (QED) is 0.684. The fourth-order valence-electron chi connectivity index (χ4n) is 3.22. The molecule has 0 aliphatic heterocycles. The molecule has 2 nitrogen and oxygen atoms in total. The topological polar surface area (TPSA) is 18.5 Å². The Labute approximate surface area is 144 Å². The molecule has 0 fully saturated rings. The van der Waals surface area contributed by atoms with Gasteiger partial charge in [0.2, 0.25) is 0 Å². The van der Waals surface area contributed by atoms with Gasteiger partial charge in [-0.3, -0.25) is 0 Å². The van der Waals surface area contributed by atoms with E-state index in [1.807, 2.05) is 38.1 Å². The molecular weight excluding hydrogens is 303 g/mol. The van der Waals surface area contributed by atoms with Crippen molar-refractivity contribution in [1.82, 2.24) is 0 Å². The first kappa shape index (κ1) is 18.3. The highest BCUT2D eigenvalue weighted by atomic mass is 19.1. The van der Waals surface area contributed by atoms with Crippen molar-refractivity contribution in [1.29, 1.82) is 0 Å². The summed E-state index contributed by atoms with van der Waals surface area (Å²) in [6.45, 7) is 8.26. The van der Waals surface area contributed by atoms with E-state index in [9.17, 15) is 4.39 Å². The Bertz CT molecular complexity index is 707. The first-order valence-corrected chi connectivity index (χ1v) is 8.38. The van der Waals surface area contributed by atoms with Crippen LogP contribution in [-0.2, 0) is 6.42 Å². The van der Waals surface area contributed by atoms with Gasteiger partial charge in [0.1, 0.15) is 5.75 Å². The number of methoxy groups -OCH3 is 2. The molecule has 0 aliphatic rings. The van der Waals surface area contributed by atoms with Crippen LogP contribution in [0.15, 0.2) is 30.3 Å². The molecule has 130 valence electrons. The summed E-state index contributed by atoms with van der Waals surface area (Å²) in [7, 11) is 3.21. The molecule has 0 bridgehead atoms. The van der Waals surface area contributed by atoms with Gasteiger partial charge in [0.05, 0.1) is 14.2 Å². The van der Waals surface area contributed by atoms with Crippen LogP contribution in [-0.4, -0.2) is 14.2 Å². The number of benzene rings is 2. The largest absolute Gasteiger partial charge is 0.496 e. The summed E-state index contributed by atoms with van der Waals surface area (Å²) in [5.74, 6) is 1.40. The van der Waals surface area contributed by atoms with E-state index in [0.29, 0.717) is 17.2 Å². The second-order valence-corrected chi connectivity index (χ2v) is 6.64. The van der Waals surface area contributed by atoms with Gasteiger partial charge in [-0.25, -0.2) is 4.39 Å². The number of rotatable bonds is 6. The average molecular weight is 330 g/mol. The van der Waals surface area contributed by atoms with E-state index in [-0.39, 0.29) is 11.7 Å². The van der Waals surface area contributed by atoms with E-state index in [1.165, 1.54) is 12.7 Å². The van der Waals surface area contributed by atoms with E-state index in [4.69, 9.17) is 9.47 Å². The Morgan fingerprint density at radius 1 is 0.958 bits per heavy atom. The summed E-state index contributed by atoms with van der Waals surface area (Å²) < 4.78 is 25.0. The SMILES string of the molecule is COc1cccc(C(C)Cc2cc(OC)c(F)c(C(C)C)c2)c1C. The molecule has 0 amide bonds. The predicted molar refractivity (Wildman–Crippen MR) is 96.9 cm³/mol. The fraction of sp³-hybridized carbons (Fsp3) is 0.429. The van der Waals surface area contributed by atoms with Crippen LogP contribution in [0.2, 0.25) is 0 Å². The van der Waals surface area contributed by atoms with Crippen molar-refractivity contribution >= 4 is 0 Å². The van der Waals surface area contributed by atoms with Crippen molar-refractivity contribution in [3.8, 4) is 11.5 Å². The van der Waals surface area contributed by atoms with E-state index < -0.39 is 0 Å². The molecule has 0 N–H and O–H groups in total. The third kappa shape index (κ3) is 3.72. The Balaban J connectivity index is 2.35. The zero-order chi connectivity index (χ0) is 17.9. The Morgan fingerprint density at radius 2 is 1.62 bits per heavy atom. The lowest BCUT2D eigenvalue weighted by Gasteiger charge is -2.19. The summed E-state index contributed by atoms with van der Waals surface area (Å²) in [5, 5.41) is 0. The Hall–Kier alpha value is -2.03. The summed E-state index contributed by atoms with van der Waals surface area (Å²) >= 11 is 0. The van der Waals surface area contributed by atoms with E-state index in [2.05, 4.69) is 19.9 Å². The third-order valence-electron chi connectivity index (χ3n) is 4.59. The molecule has 0 spiro atoms. The molecule has 3 heteroatoms. The van der Waals surface area contributed by atoms with Crippen molar-refractivity contribution in [2.75, 3.05) is 14.2 Å². The maximum atomic E-state index is 14.4. The molecule has 1 unspecified atom stereocenters. The predicted octanol–water partition coefficient (Wildman–Crippen LogP) is 5.62. The van der Waals surface area contributed by atoms with Crippen LogP contribution >= 0.6 is 0 Å². The van der Waals surface area contributed by atoms with Gasteiger partial charge in [0, 0.05) is 0 Å². The third-order valence-corrected chi connectivity index (χ3v) is 4.59. The molecule has 0 radical (unpaired) electrons. The van der Waals surface area contributed by atoms with Gasteiger partial charge in [0.15, 0.2) is 11.6 Å². The maximum Gasteiger partial charge on any atom is 0.168 e. The van der Waals surface area contributed by atoms with E-state index in [0.717, 1.165) is 23.3 Å². The summed E-state index contributed by atoms with van der Waals surface area (Å²) in [6.07, 6.45) is 0.824. The van der Waals surface area contributed by atoms with Gasteiger partial charge in [-0.05, 0) is 59.6 Å². The van der Waals surface area contributed by atoms with Crippen LogP contribution < -0.4 is 9.47 Å². The number of hydrogen-bond donors (Lipinski definition) is 0. The van der Waals surface area contributed by atoms with Gasteiger partial charge >= 0.3 is 0 Å². The fourth-order valence-corrected chi connectivity index (χ4v) is 3.22. The van der Waals surface area contributed by atoms with Crippen molar-refractivity contribution < 1.29 is 13.9 Å². The molecule has 0 heterocycles. The zero-order valence-corrected chi connectivity index (χ0v) is 15.4. The molecule has 2 aromatic rings. The van der Waals surface area contributed by atoms with E-state index >= 15 is 0 Å². The highest BCUT2D eigenvalue weighted by molar-refractivity contribution is 5.43. The van der Waals surface area contributed by atoms with Crippen molar-refractivity contribution in [2.24, 2.45) is 0 Å². The van der Waals surface area contributed by atoms with Crippen molar-refractivity contribution in [3.63, 3.8) is 0 Å².